The van der Waals surface area contributed by atoms with Crippen LogP contribution in [0.5, 0.6) is 0 Å². The molecule has 4 nitrogen and oxygen atoms in total. The number of benzene rings is 1. The van der Waals surface area contributed by atoms with E-state index in [4.69, 9.17) is 0 Å². The van der Waals surface area contributed by atoms with Gasteiger partial charge in [0.15, 0.2) is 0 Å². The highest BCUT2D eigenvalue weighted by Gasteiger charge is 2.17. The quantitative estimate of drug-likeness (QED) is 0.933. The smallest absolute Gasteiger partial charge is 0.253 e. The van der Waals surface area contributed by atoms with Crippen molar-refractivity contribution in [1.29, 1.82) is 0 Å². The van der Waals surface area contributed by atoms with E-state index in [1.54, 1.807) is 10.9 Å². The SMILES string of the molecule is Cc1c(C(C)NC(=O)c2cc(F)ccc2Br)cnn1C. The molecule has 0 saturated carbocycles. The van der Waals surface area contributed by atoms with Gasteiger partial charge in [-0.3, -0.25) is 9.48 Å². The van der Waals surface area contributed by atoms with E-state index in [1.807, 2.05) is 20.9 Å². The number of rotatable bonds is 3. The zero-order valence-corrected chi connectivity index (χ0v) is 13.0. The molecule has 0 aliphatic rings. The molecule has 1 atom stereocenters. The van der Waals surface area contributed by atoms with Crippen LogP contribution in [0.4, 0.5) is 4.39 Å². The maximum atomic E-state index is 13.2. The third-order valence-electron chi connectivity index (χ3n) is 3.26. The lowest BCUT2D eigenvalue weighted by molar-refractivity contribution is 0.0938. The number of aryl methyl sites for hydroxylation is 1. The summed E-state index contributed by atoms with van der Waals surface area (Å²) in [4.78, 5) is 12.2. The molecule has 20 heavy (non-hydrogen) atoms. The number of carbonyl (C=O) groups is 1. The molecule has 1 amide bonds. The normalized spacial score (nSPS) is 12.2. The lowest BCUT2D eigenvalue weighted by atomic mass is 10.1. The number of hydrogen-bond acceptors (Lipinski definition) is 2. The summed E-state index contributed by atoms with van der Waals surface area (Å²) in [6.07, 6.45) is 1.72. The van der Waals surface area contributed by atoms with Gasteiger partial charge >= 0.3 is 0 Å². The second-order valence-electron chi connectivity index (χ2n) is 4.63. The summed E-state index contributed by atoms with van der Waals surface area (Å²) in [5.41, 5.74) is 2.20. The minimum atomic E-state index is -0.441. The Labute approximate surface area is 125 Å². The van der Waals surface area contributed by atoms with Crippen LogP contribution in [0.3, 0.4) is 0 Å². The minimum absolute atomic E-state index is 0.202. The van der Waals surface area contributed by atoms with Crippen LogP contribution >= 0.6 is 15.9 Å². The second kappa shape index (κ2) is 5.75. The highest BCUT2D eigenvalue weighted by Crippen LogP contribution is 2.20. The zero-order valence-electron chi connectivity index (χ0n) is 11.4. The standard InChI is InChI=1S/C14H15BrFN3O/c1-8(12-7-17-19(3)9(12)2)18-14(20)11-6-10(16)4-5-13(11)15/h4-8H,1-3H3,(H,18,20). The lowest BCUT2D eigenvalue weighted by Gasteiger charge is -2.14. The molecule has 106 valence electrons. The molecule has 0 bridgehead atoms. The van der Waals surface area contributed by atoms with Gasteiger partial charge in [0.2, 0.25) is 0 Å². The molecule has 0 saturated heterocycles. The van der Waals surface area contributed by atoms with Crippen LogP contribution in [0.2, 0.25) is 0 Å². The monoisotopic (exact) mass is 339 g/mol. The van der Waals surface area contributed by atoms with Crippen LogP contribution in [0.1, 0.15) is 34.6 Å². The number of halogens is 2. The van der Waals surface area contributed by atoms with Crippen molar-refractivity contribution in [3.63, 3.8) is 0 Å². The summed E-state index contributed by atoms with van der Waals surface area (Å²) < 4.78 is 15.5. The fraction of sp³-hybridized carbons (Fsp3) is 0.286. The van der Waals surface area contributed by atoms with Crippen molar-refractivity contribution < 1.29 is 9.18 Å². The minimum Gasteiger partial charge on any atom is -0.345 e. The Balaban J connectivity index is 2.19. The number of nitrogens with one attached hydrogen (secondary N) is 1. The van der Waals surface area contributed by atoms with Gasteiger partial charge in [-0.2, -0.15) is 5.10 Å². The van der Waals surface area contributed by atoms with Gasteiger partial charge < -0.3 is 5.32 Å². The molecule has 0 aliphatic carbocycles. The molecular weight excluding hydrogens is 325 g/mol. The van der Waals surface area contributed by atoms with Gasteiger partial charge in [-0.15, -0.1) is 0 Å². The average Bonchev–Trinajstić information content (AvgIpc) is 2.73. The van der Waals surface area contributed by atoms with Gasteiger partial charge in [-0.1, -0.05) is 0 Å². The third-order valence-corrected chi connectivity index (χ3v) is 3.95. The zero-order chi connectivity index (χ0) is 14.9. The predicted octanol–water partition coefficient (Wildman–Crippen LogP) is 3.12. The largest absolute Gasteiger partial charge is 0.345 e. The van der Waals surface area contributed by atoms with Gasteiger partial charge in [-0.05, 0) is 48.0 Å². The first-order chi connectivity index (χ1) is 9.40. The predicted molar refractivity (Wildman–Crippen MR) is 77.9 cm³/mol. The Morgan fingerprint density at radius 2 is 2.20 bits per heavy atom. The van der Waals surface area contributed by atoms with Crippen LogP contribution in [0.15, 0.2) is 28.9 Å². The van der Waals surface area contributed by atoms with Crippen molar-refractivity contribution in [3.8, 4) is 0 Å². The van der Waals surface area contributed by atoms with Gasteiger partial charge in [0.25, 0.3) is 5.91 Å². The molecule has 0 fully saturated rings. The van der Waals surface area contributed by atoms with Gasteiger partial charge in [-0.25, -0.2) is 4.39 Å². The fourth-order valence-electron chi connectivity index (χ4n) is 1.96. The van der Waals surface area contributed by atoms with E-state index in [2.05, 4.69) is 26.3 Å². The van der Waals surface area contributed by atoms with Crippen molar-refractivity contribution in [1.82, 2.24) is 15.1 Å². The molecule has 2 aromatic rings. The number of hydrogen-bond donors (Lipinski definition) is 1. The van der Waals surface area contributed by atoms with E-state index in [0.717, 1.165) is 11.3 Å². The summed E-state index contributed by atoms with van der Waals surface area (Å²) >= 11 is 3.25. The Bertz CT molecular complexity index is 654. The van der Waals surface area contributed by atoms with Crippen LogP contribution in [0.25, 0.3) is 0 Å². The van der Waals surface area contributed by atoms with Crippen LogP contribution < -0.4 is 5.32 Å². The molecule has 1 N–H and O–H groups in total. The third kappa shape index (κ3) is 2.90. The second-order valence-corrected chi connectivity index (χ2v) is 5.48. The van der Waals surface area contributed by atoms with Gasteiger partial charge in [0.05, 0.1) is 17.8 Å². The summed E-state index contributed by atoms with van der Waals surface area (Å²) in [6, 6.07) is 3.83. The average molecular weight is 340 g/mol. The molecule has 0 aliphatic heterocycles. The Hall–Kier alpha value is -1.69. The van der Waals surface area contributed by atoms with Crippen LogP contribution in [-0.4, -0.2) is 15.7 Å². The fourth-order valence-corrected chi connectivity index (χ4v) is 2.39. The first-order valence-electron chi connectivity index (χ1n) is 6.14. The Morgan fingerprint density at radius 1 is 1.50 bits per heavy atom. The first kappa shape index (κ1) is 14.7. The first-order valence-corrected chi connectivity index (χ1v) is 6.94. The number of amides is 1. The van der Waals surface area contributed by atoms with E-state index in [9.17, 15) is 9.18 Å². The molecule has 0 spiro atoms. The van der Waals surface area contributed by atoms with Crippen molar-refractivity contribution in [2.75, 3.05) is 0 Å². The maximum absolute atomic E-state index is 13.2. The Morgan fingerprint density at radius 3 is 2.80 bits per heavy atom. The van der Waals surface area contributed by atoms with Crippen molar-refractivity contribution >= 4 is 21.8 Å². The van der Waals surface area contributed by atoms with Gasteiger partial charge in [0.1, 0.15) is 5.82 Å². The van der Waals surface area contributed by atoms with Crippen molar-refractivity contribution in [2.24, 2.45) is 7.05 Å². The van der Waals surface area contributed by atoms with E-state index < -0.39 is 5.82 Å². The number of carbonyl (C=O) groups excluding carboxylic acids is 1. The van der Waals surface area contributed by atoms with Crippen molar-refractivity contribution in [3.05, 3.63) is 51.5 Å². The molecule has 0 radical (unpaired) electrons. The molecule has 1 heterocycles. The Kier molecular flexibility index (Phi) is 4.23. The molecular formula is C14H15BrFN3O. The summed E-state index contributed by atoms with van der Waals surface area (Å²) in [5.74, 6) is -0.768. The highest BCUT2D eigenvalue weighted by molar-refractivity contribution is 9.10. The topological polar surface area (TPSA) is 46.9 Å². The molecule has 6 heteroatoms. The number of nitrogens with zero attached hydrogens (tertiary/aromatic N) is 2. The van der Waals surface area contributed by atoms with Crippen LogP contribution in [0, 0.1) is 12.7 Å². The van der Waals surface area contributed by atoms with E-state index in [1.165, 1.54) is 18.2 Å². The van der Waals surface area contributed by atoms with E-state index in [0.29, 0.717) is 4.47 Å². The van der Waals surface area contributed by atoms with E-state index in [-0.39, 0.29) is 17.5 Å². The van der Waals surface area contributed by atoms with E-state index >= 15 is 0 Å². The summed E-state index contributed by atoms with van der Waals surface area (Å²) in [7, 11) is 1.84. The van der Waals surface area contributed by atoms with Gasteiger partial charge in [0, 0.05) is 22.8 Å². The molecule has 1 aromatic carbocycles. The van der Waals surface area contributed by atoms with Crippen LogP contribution in [-0.2, 0) is 7.05 Å². The summed E-state index contributed by atoms with van der Waals surface area (Å²) in [5, 5.41) is 6.99. The molecule has 1 aromatic heterocycles. The number of aromatic nitrogens is 2. The highest BCUT2D eigenvalue weighted by atomic mass is 79.9. The molecule has 1 unspecified atom stereocenters. The maximum Gasteiger partial charge on any atom is 0.253 e. The lowest BCUT2D eigenvalue weighted by Crippen LogP contribution is -2.27. The van der Waals surface area contributed by atoms with Crippen molar-refractivity contribution in [2.45, 2.75) is 19.9 Å². The molecule has 2 rings (SSSR count). The summed E-state index contributed by atoms with van der Waals surface area (Å²) in [6.45, 7) is 3.80.